The second-order valence-electron chi connectivity index (χ2n) is 7.09. The number of hydrogen-bond acceptors (Lipinski definition) is 5. The number of thiazole rings is 1. The minimum absolute atomic E-state index is 0.195. The minimum atomic E-state index is -0.858. The fraction of sp³-hybridized carbons (Fsp3) is 0.348. The van der Waals surface area contributed by atoms with Gasteiger partial charge in [-0.2, -0.15) is 0 Å². The summed E-state index contributed by atoms with van der Waals surface area (Å²) in [6, 6.07) is 15.6. The van der Waals surface area contributed by atoms with E-state index in [1.54, 1.807) is 18.3 Å². The molecule has 1 N–H and O–H groups in total. The summed E-state index contributed by atoms with van der Waals surface area (Å²) in [7, 11) is 0. The number of anilines is 1. The first-order valence-corrected chi connectivity index (χ1v) is 10.7. The van der Waals surface area contributed by atoms with Crippen LogP contribution in [0.4, 0.5) is 5.69 Å². The SMILES string of the molecule is CC[C@H](C)c1ccccc1NC(=O)[C@@H](C)OC(=O)CCc1nc2ccccc2s1. The molecule has 2 atom stereocenters. The van der Waals surface area contributed by atoms with Gasteiger partial charge in [0, 0.05) is 12.1 Å². The molecule has 1 amide bonds. The zero-order chi connectivity index (χ0) is 20.8. The molecule has 0 aliphatic carbocycles. The van der Waals surface area contributed by atoms with Gasteiger partial charge in [-0.1, -0.05) is 44.2 Å². The molecular formula is C23H26N2O3S. The lowest BCUT2D eigenvalue weighted by Crippen LogP contribution is -2.30. The van der Waals surface area contributed by atoms with Crippen molar-refractivity contribution in [1.29, 1.82) is 0 Å². The number of esters is 1. The first-order valence-electron chi connectivity index (χ1n) is 9.91. The van der Waals surface area contributed by atoms with Crippen LogP contribution in [0.5, 0.6) is 0 Å². The van der Waals surface area contributed by atoms with Gasteiger partial charge in [-0.3, -0.25) is 9.59 Å². The quantitative estimate of drug-likeness (QED) is 0.511. The smallest absolute Gasteiger partial charge is 0.306 e. The molecule has 0 aliphatic heterocycles. The van der Waals surface area contributed by atoms with E-state index < -0.39 is 12.1 Å². The van der Waals surface area contributed by atoms with Gasteiger partial charge in [0.05, 0.1) is 21.6 Å². The first-order chi connectivity index (χ1) is 14.0. The van der Waals surface area contributed by atoms with Crippen molar-refractivity contribution >= 4 is 39.1 Å². The molecule has 0 spiro atoms. The van der Waals surface area contributed by atoms with Crippen LogP contribution >= 0.6 is 11.3 Å². The monoisotopic (exact) mass is 410 g/mol. The molecule has 29 heavy (non-hydrogen) atoms. The summed E-state index contributed by atoms with van der Waals surface area (Å²) in [5, 5.41) is 3.79. The molecule has 1 heterocycles. The number of aryl methyl sites for hydroxylation is 1. The molecule has 0 saturated heterocycles. The molecule has 0 radical (unpaired) electrons. The van der Waals surface area contributed by atoms with Gasteiger partial charge in [0.25, 0.3) is 5.91 Å². The van der Waals surface area contributed by atoms with Gasteiger partial charge in [-0.15, -0.1) is 11.3 Å². The molecule has 1 aromatic heterocycles. The van der Waals surface area contributed by atoms with Gasteiger partial charge in [0.2, 0.25) is 0 Å². The van der Waals surface area contributed by atoms with E-state index in [9.17, 15) is 9.59 Å². The number of benzene rings is 2. The molecule has 0 aliphatic rings. The number of nitrogens with one attached hydrogen (secondary N) is 1. The maximum atomic E-state index is 12.5. The maximum Gasteiger partial charge on any atom is 0.306 e. The lowest BCUT2D eigenvalue weighted by Gasteiger charge is -2.18. The minimum Gasteiger partial charge on any atom is -0.453 e. The number of hydrogen-bond donors (Lipinski definition) is 1. The third-order valence-electron chi connectivity index (χ3n) is 4.92. The van der Waals surface area contributed by atoms with Crippen molar-refractivity contribution in [2.45, 2.75) is 52.1 Å². The van der Waals surface area contributed by atoms with E-state index in [2.05, 4.69) is 24.1 Å². The summed E-state index contributed by atoms with van der Waals surface area (Å²) >= 11 is 1.57. The highest BCUT2D eigenvalue weighted by molar-refractivity contribution is 7.18. The Labute approximate surface area is 175 Å². The van der Waals surface area contributed by atoms with Crippen LogP contribution < -0.4 is 5.32 Å². The lowest BCUT2D eigenvalue weighted by molar-refractivity contribution is -0.153. The van der Waals surface area contributed by atoms with Crippen molar-refractivity contribution in [3.8, 4) is 0 Å². The van der Waals surface area contributed by atoms with Gasteiger partial charge >= 0.3 is 5.97 Å². The van der Waals surface area contributed by atoms with Crippen LogP contribution in [0.2, 0.25) is 0 Å². The fourth-order valence-corrected chi connectivity index (χ4v) is 4.01. The summed E-state index contributed by atoms with van der Waals surface area (Å²) in [5.41, 5.74) is 2.79. The number of carbonyl (C=O) groups excluding carboxylic acids is 2. The lowest BCUT2D eigenvalue weighted by atomic mass is 9.97. The van der Waals surface area contributed by atoms with Crippen LogP contribution in [-0.4, -0.2) is 23.0 Å². The second kappa shape index (κ2) is 9.65. The third kappa shape index (κ3) is 5.41. The van der Waals surface area contributed by atoms with Gasteiger partial charge in [0.1, 0.15) is 0 Å². The van der Waals surface area contributed by atoms with Crippen LogP contribution in [-0.2, 0) is 20.7 Å². The van der Waals surface area contributed by atoms with E-state index in [0.29, 0.717) is 12.3 Å². The van der Waals surface area contributed by atoms with Crippen molar-refractivity contribution in [2.24, 2.45) is 0 Å². The maximum absolute atomic E-state index is 12.5. The van der Waals surface area contributed by atoms with Gasteiger partial charge in [0.15, 0.2) is 6.10 Å². The third-order valence-corrected chi connectivity index (χ3v) is 6.02. The second-order valence-corrected chi connectivity index (χ2v) is 8.21. The van der Waals surface area contributed by atoms with Crippen molar-refractivity contribution in [1.82, 2.24) is 4.98 Å². The summed E-state index contributed by atoms with van der Waals surface area (Å²) in [5.74, 6) is -0.394. The van der Waals surface area contributed by atoms with E-state index in [4.69, 9.17) is 4.74 Å². The summed E-state index contributed by atoms with van der Waals surface area (Å²) in [6.45, 7) is 5.83. The van der Waals surface area contributed by atoms with Crippen LogP contribution in [0.25, 0.3) is 10.2 Å². The summed E-state index contributed by atoms with van der Waals surface area (Å²) in [6.07, 6.45) is 0.816. The van der Waals surface area contributed by atoms with Gasteiger partial charge in [-0.05, 0) is 43.0 Å². The molecule has 0 fully saturated rings. The summed E-state index contributed by atoms with van der Waals surface area (Å²) < 4.78 is 6.43. The highest BCUT2D eigenvalue weighted by Gasteiger charge is 2.20. The Morgan fingerprint density at radius 3 is 2.59 bits per heavy atom. The number of amides is 1. The standard InChI is InChI=1S/C23H26N2O3S/c1-4-15(2)17-9-5-6-10-18(17)25-23(27)16(3)28-22(26)14-13-21-24-19-11-7-8-12-20(19)29-21/h5-12,15-16H,4,13-14H2,1-3H3,(H,25,27)/t15-,16+/m0/s1. The number of ether oxygens (including phenoxy) is 1. The van der Waals surface area contributed by atoms with E-state index >= 15 is 0 Å². The van der Waals surface area contributed by atoms with Gasteiger partial charge < -0.3 is 10.1 Å². The first kappa shape index (κ1) is 21.0. The Morgan fingerprint density at radius 2 is 1.83 bits per heavy atom. The van der Waals surface area contributed by atoms with Crippen LogP contribution in [0.1, 0.15) is 50.1 Å². The number of aromatic nitrogens is 1. The molecule has 3 aromatic rings. The number of carbonyl (C=O) groups is 2. The predicted octanol–water partition coefficient (Wildman–Crippen LogP) is 5.31. The van der Waals surface area contributed by atoms with E-state index in [-0.39, 0.29) is 12.3 Å². The average Bonchev–Trinajstić information content (AvgIpc) is 3.15. The Bertz CT molecular complexity index is 965. The van der Waals surface area contributed by atoms with E-state index in [0.717, 1.165) is 32.9 Å². The van der Waals surface area contributed by atoms with Crippen molar-refractivity contribution in [3.63, 3.8) is 0 Å². The molecule has 0 unspecified atom stereocenters. The largest absolute Gasteiger partial charge is 0.453 e. The Kier molecular flexibility index (Phi) is 6.99. The average molecular weight is 411 g/mol. The van der Waals surface area contributed by atoms with Crippen LogP contribution in [0, 0.1) is 0 Å². The fourth-order valence-electron chi connectivity index (χ4n) is 3.04. The zero-order valence-electron chi connectivity index (χ0n) is 17.0. The van der Waals surface area contributed by atoms with Crippen molar-refractivity contribution < 1.29 is 14.3 Å². The molecule has 3 rings (SSSR count). The Hall–Kier alpha value is -2.73. The number of fused-ring (bicyclic) bond motifs is 1. The number of rotatable bonds is 8. The van der Waals surface area contributed by atoms with Crippen LogP contribution in [0.3, 0.4) is 0 Å². The van der Waals surface area contributed by atoms with Crippen molar-refractivity contribution in [3.05, 3.63) is 59.1 Å². The van der Waals surface area contributed by atoms with Crippen LogP contribution in [0.15, 0.2) is 48.5 Å². The van der Waals surface area contributed by atoms with Crippen molar-refractivity contribution in [2.75, 3.05) is 5.32 Å². The summed E-state index contributed by atoms with van der Waals surface area (Å²) in [4.78, 5) is 29.2. The predicted molar refractivity (Wildman–Crippen MR) is 117 cm³/mol. The Balaban J connectivity index is 1.53. The molecule has 152 valence electrons. The molecule has 0 bridgehead atoms. The normalized spacial score (nSPS) is 13.1. The molecular weight excluding hydrogens is 384 g/mol. The molecule has 0 saturated carbocycles. The van der Waals surface area contributed by atoms with Gasteiger partial charge in [-0.25, -0.2) is 4.98 Å². The number of nitrogens with zero attached hydrogens (tertiary/aromatic N) is 1. The molecule has 2 aromatic carbocycles. The molecule has 5 nitrogen and oxygen atoms in total. The molecule has 6 heteroatoms. The van der Waals surface area contributed by atoms with E-state index in [1.807, 2.05) is 48.5 Å². The number of para-hydroxylation sites is 2. The highest BCUT2D eigenvalue weighted by atomic mass is 32.1. The topological polar surface area (TPSA) is 68.3 Å². The van der Waals surface area contributed by atoms with E-state index in [1.165, 1.54) is 0 Å². The Morgan fingerprint density at radius 1 is 1.10 bits per heavy atom. The zero-order valence-corrected chi connectivity index (χ0v) is 17.8. The highest BCUT2D eigenvalue weighted by Crippen LogP contribution is 2.27.